The summed E-state index contributed by atoms with van der Waals surface area (Å²) in [5, 5.41) is 0. The van der Waals surface area contributed by atoms with Gasteiger partial charge in [-0.25, -0.2) is 0 Å². The van der Waals surface area contributed by atoms with Crippen LogP contribution in [0.5, 0.6) is 5.75 Å². The van der Waals surface area contributed by atoms with Gasteiger partial charge in [0.15, 0.2) is 0 Å². The van der Waals surface area contributed by atoms with Crippen molar-refractivity contribution >= 4 is 10.1 Å². The van der Waals surface area contributed by atoms with Gasteiger partial charge in [-0.15, -0.1) is 0 Å². The van der Waals surface area contributed by atoms with E-state index >= 15 is 0 Å². The fourth-order valence-electron chi connectivity index (χ4n) is 8.34. The fourth-order valence-corrected chi connectivity index (χ4v) is 8.80. The van der Waals surface area contributed by atoms with Crippen molar-refractivity contribution < 1.29 is 25.8 Å². The van der Waals surface area contributed by atoms with Gasteiger partial charge in [-0.2, -0.15) is 21.6 Å². The number of rotatable bonds is 6. The van der Waals surface area contributed by atoms with E-state index in [1.54, 1.807) is 12.1 Å². The summed E-state index contributed by atoms with van der Waals surface area (Å²) in [6.45, 7) is 0. The summed E-state index contributed by atoms with van der Waals surface area (Å²) in [7, 11) is -5.70. The van der Waals surface area contributed by atoms with Gasteiger partial charge in [-0.1, -0.05) is 72.8 Å². The molecule has 0 saturated heterocycles. The van der Waals surface area contributed by atoms with Crippen molar-refractivity contribution in [3.63, 3.8) is 0 Å². The summed E-state index contributed by atoms with van der Waals surface area (Å²) in [6.07, 6.45) is 8.48. The smallest absolute Gasteiger partial charge is 0.376 e. The third-order valence-corrected chi connectivity index (χ3v) is 10.7. The molecule has 2 atom stereocenters. The molecule has 1 heterocycles. The van der Waals surface area contributed by atoms with Gasteiger partial charge in [-0.3, -0.25) is 4.98 Å². The normalized spacial score (nSPS) is 26.7. The molecule has 4 aliphatic rings. The molecule has 0 radical (unpaired) electrons. The number of alkyl halides is 3. The standard InChI is InChI=1S/C34H30F3NO3S/c35-34(36,37)42(39,40)41-30-13-11-29(12-14-30)33-19-23-16-24(20-33)18-32(17-23,22-33)28-9-6-25(7-10-28)27-8-15-31(38-21-27)26-4-2-1-3-5-26/h1-15,21,23-24H,16-20,22H2. The number of aromatic nitrogens is 1. The molecule has 0 N–H and O–H groups in total. The number of pyridine rings is 1. The maximum absolute atomic E-state index is 12.8. The summed E-state index contributed by atoms with van der Waals surface area (Å²) in [5.74, 6) is 0.849. The lowest BCUT2D eigenvalue weighted by atomic mass is 9.42. The van der Waals surface area contributed by atoms with Crippen molar-refractivity contribution in [1.29, 1.82) is 0 Å². The van der Waals surface area contributed by atoms with Crippen LogP contribution >= 0.6 is 0 Å². The van der Waals surface area contributed by atoms with E-state index in [-0.39, 0.29) is 16.6 Å². The van der Waals surface area contributed by atoms with E-state index in [4.69, 9.17) is 0 Å². The molecule has 8 heteroatoms. The third-order valence-electron chi connectivity index (χ3n) is 9.68. The quantitative estimate of drug-likeness (QED) is 0.167. The second kappa shape index (κ2) is 9.69. The van der Waals surface area contributed by atoms with E-state index < -0.39 is 15.6 Å². The molecule has 0 amide bonds. The molecule has 42 heavy (non-hydrogen) atoms. The third kappa shape index (κ3) is 4.70. The van der Waals surface area contributed by atoms with E-state index in [9.17, 15) is 21.6 Å². The Labute approximate surface area is 243 Å². The molecule has 4 fully saturated rings. The van der Waals surface area contributed by atoms with Crippen LogP contribution in [0, 0.1) is 11.8 Å². The summed E-state index contributed by atoms with van der Waals surface area (Å²) in [6, 6.07) is 29.4. The molecule has 2 unspecified atom stereocenters. The van der Waals surface area contributed by atoms with Gasteiger partial charge < -0.3 is 4.18 Å². The monoisotopic (exact) mass is 589 g/mol. The van der Waals surface area contributed by atoms with Crippen molar-refractivity contribution in [3.8, 4) is 28.1 Å². The Morgan fingerprint density at radius 3 is 1.76 bits per heavy atom. The van der Waals surface area contributed by atoms with Gasteiger partial charge in [-0.05, 0) is 96.1 Å². The molecule has 4 aromatic rings. The van der Waals surface area contributed by atoms with Crippen LogP contribution < -0.4 is 4.18 Å². The minimum atomic E-state index is -5.70. The molecule has 4 bridgehead atoms. The Morgan fingerprint density at radius 2 is 1.24 bits per heavy atom. The molecule has 0 spiro atoms. The highest BCUT2D eigenvalue weighted by molar-refractivity contribution is 7.88. The molecular formula is C34H30F3NO3S. The zero-order valence-electron chi connectivity index (χ0n) is 22.8. The Bertz CT molecular complexity index is 1690. The van der Waals surface area contributed by atoms with Crippen LogP contribution in [-0.4, -0.2) is 18.9 Å². The first-order valence-corrected chi connectivity index (χ1v) is 15.7. The first-order chi connectivity index (χ1) is 20.0. The topological polar surface area (TPSA) is 56.3 Å². The maximum atomic E-state index is 12.8. The number of hydrogen-bond donors (Lipinski definition) is 0. The zero-order valence-corrected chi connectivity index (χ0v) is 23.7. The molecule has 0 aliphatic heterocycles. The minimum absolute atomic E-state index is 0.0484. The fraction of sp³-hybridized carbons (Fsp3) is 0.324. The molecule has 4 nitrogen and oxygen atoms in total. The minimum Gasteiger partial charge on any atom is -0.376 e. The summed E-state index contributed by atoms with van der Waals surface area (Å²) in [5.41, 5.74) is 1.12. The van der Waals surface area contributed by atoms with Gasteiger partial charge >= 0.3 is 15.6 Å². The molecule has 8 rings (SSSR count). The van der Waals surface area contributed by atoms with Crippen LogP contribution in [0.3, 0.4) is 0 Å². The molecular weight excluding hydrogens is 559 g/mol. The van der Waals surface area contributed by atoms with Crippen molar-refractivity contribution in [1.82, 2.24) is 4.98 Å². The van der Waals surface area contributed by atoms with Gasteiger partial charge in [0.05, 0.1) is 5.69 Å². The van der Waals surface area contributed by atoms with Crippen LogP contribution in [0.2, 0.25) is 0 Å². The van der Waals surface area contributed by atoms with Crippen LogP contribution in [0.25, 0.3) is 22.4 Å². The summed E-state index contributed by atoms with van der Waals surface area (Å²) >= 11 is 0. The lowest BCUT2D eigenvalue weighted by molar-refractivity contribution is -0.0500. The van der Waals surface area contributed by atoms with Gasteiger partial charge in [0.1, 0.15) is 5.75 Å². The van der Waals surface area contributed by atoms with E-state index in [1.807, 2.05) is 24.4 Å². The largest absolute Gasteiger partial charge is 0.534 e. The van der Waals surface area contributed by atoms with Crippen molar-refractivity contribution in [2.45, 2.75) is 54.9 Å². The first-order valence-electron chi connectivity index (χ1n) is 14.3. The van der Waals surface area contributed by atoms with E-state index in [0.29, 0.717) is 11.8 Å². The van der Waals surface area contributed by atoms with E-state index in [1.165, 1.54) is 24.1 Å². The molecule has 1 aromatic heterocycles. The Morgan fingerprint density at radius 1 is 0.690 bits per heavy atom. The number of nitrogens with zero attached hydrogens (tertiary/aromatic N) is 1. The zero-order chi connectivity index (χ0) is 29.2. The van der Waals surface area contributed by atoms with Gasteiger partial charge in [0, 0.05) is 17.3 Å². The molecule has 4 saturated carbocycles. The lowest BCUT2D eigenvalue weighted by Crippen LogP contribution is -2.55. The van der Waals surface area contributed by atoms with E-state index in [0.717, 1.165) is 60.1 Å². The lowest BCUT2D eigenvalue weighted by Gasteiger charge is -2.62. The van der Waals surface area contributed by atoms with Crippen molar-refractivity contribution in [2.24, 2.45) is 11.8 Å². The second-order valence-electron chi connectivity index (χ2n) is 12.4. The first kappa shape index (κ1) is 27.2. The summed E-state index contributed by atoms with van der Waals surface area (Å²) in [4.78, 5) is 4.68. The van der Waals surface area contributed by atoms with Crippen LogP contribution in [-0.2, 0) is 20.9 Å². The molecule has 216 valence electrons. The van der Waals surface area contributed by atoms with E-state index in [2.05, 4.69) is 57.7 Å². The average molecular weight is 590 g/mol. The molecule has 3 aromatic carbocycles. The Hall–Kier alpha value is -3.65. The van der Waals surface area contributed by atoms with Crippen molar-refractivity contribution in [3.05, 3.63) is 108 Å². The Balaban J connectivity index is 1.13. The maximum Gasteiger partial charge on any atom is 0.534 e. The van der Waals surface area contributed by atoms with Gasteiger partial charge in [0.2, 0.25) is 0 Å². The van der Waals surface area contributed by atoms with Crippen molar-refractivity contribution in [2.75, 3.05) is 0 Å². The van der Waals surface area contributed by atoms with Gasteiger partial charge in [0.25, 0.3) is 0 Å². The highest BCUT2D eigenvalue weighted by Crippen LogP contribution is 2.66. The highest BCUT2D eigenvalue weighted by atomic mass is 32.2. The predicted octanol–water partition coefficient (Wildman–Crippen LogP) is 8.43. The SMILES string of the molecule is O=S(=O)(Oc1ccc(C23CC4CC(C2)CC(c2ccc(-c5ccc(-c6ccccc6)nc5)cc2)(C4)C3)cc1)C(F)(F)F. The van der Waals surface area contributed by atoms with Crippen LogP contribution in [0.15, 0.2) is 97.2 Å². The second-order valence-corrected chi connectivity index (χ2v) is 13.9. The number of hydrogen-bond acceptors (Lipinski definition) is 4. The highest BCUT2D eigenvalue weighted by Gasteiger charge is 2.58. The van der Waals surface area contributed by atoms with Crippen LogP contribution in [0.1, 0.15) is 49.7 Å². The number of halogens is 3. The summed E-state index contributed by atoms with van der Waals surface area (Å²) < 4.78 is 65.7. The average Bonchev–Trinajstić information content (AvgIpc) is 2.97. The Kier molecular flexibility index (Phi) is 6.28. The number of benzene rings is 3. The predicted molar refractivity (Wildman–Crippen MR) is 155 cm³/mol. The molecule has 4 aliphatic carbocycles. The van der Waals surface area contributed by atoms with Crippen LogP contribution in [0.4, 0.5) is 13.2 Å².